The molecule has 1 atom stereocenters. The number of hydrogen-bond acceptors (Lipinski definition) is 2. The van der Waals surface area contributed by atoms with E-state index in [0.29, 0.717) is 0 Å². The van der Waals surface area contributed by atoms with E-state index in [1.807, 2.05) is 12.1 Å². The van der Waals surface area contributed by atoms with E-state index in [0.717, 1.165) is 11.4 Å². The number of hydroxylamine groups is 1. The molecular formula is C12H16ClNO. The van der Waals surface area contributed by atoms with E-state index in [9.17, 15) is 0 Å². The first-order chi connectivity index (χ1) is 7.04. The summed E-state index contributed by atoms with van der Waals surface area (Å²) in [6.07, 6.45) is 1.06. The van der Waals surface area contributed by atoms with E-state index >= 15 is 0 Å². The standard InChI is InChI=1S/C12H16ClNO/c1-12(2)7-8-4-5-9(13)6-10(8)11(12)14-15-3/h4-6,11,14H,7H2,1-3H3. The monoisotopic (exact) mass is 225 g/mol. The molecule has 0 aliphatic heterocycles. The fourth-order valence-corrected chi connectivity index (χ4v) is 2.53. The largest absolute Gasteiger partial charge is 0.304 e. The molecule has 0 saturated heterocycles. The molecule has 1 unspecified atom stereocenters. The second-order valence-electron chi connectivity index (χ2n) is 4.76. The van der Waals surface area contributed by atoms with E-state index in [2.05, 4.69) is 25.4 Å². The quantitative estimate of drug-likeness (QED) is 0.781. The third kappa shape index (κ3) is 1.89. The van der Waals surface area contributed by atoms with Crippen molar-refractivity contribution in [2.75, 3.05) is 7.11 Å². The van der Waals surface area contributed by atoms with Gasteiger partial charge in [0.25, 0.3) is 0 Å². The first kappa shape index (κ1) is 10.9. The van der Waals surface area contributed by atoms with E-state index in [4.69, 9.17) is 16.4 Å². The summed E-state index contributed by atoms with van der Waals surface area (Å²) in [6.45, 7) is 4.47. The zero-order valence-corrected chi connectivity index (χ0v) is 10.1. The van der Waals surface area contributed by atoms with Crippen molar-refractivity contribution < 1.29 is 4.84 Å². The van der Waals surface area contributed by atoms with E-state index in [1.54, 1.807) is 7.11 Å². The van der Waals surface area contributed by atoms with Gasteiger partial charge in [-0.2, -0.15) is 5.48 Å². The lowest BCUT2D eigenvalue weighted by Gasteiger charge is -2.27. The zero-order valence-electron chi connectivity index (χ0n) is 9.30. The van der Waals surface area contributed by atoms with Crippen LogP contribution < -0.4 is 5.48 Å². The molecule has 1 aliphatic carbocycles. The molecule has 15 heavy (non-hydrogen) atoms. The van der Waals surface area contributed by atoms with Crippen LogP contribution in [-0.4, -0.2) is 7.11 Å². The fraction of sp³-hybridized carbons (Fsp3) is 0.500. The van der Waals surface area contributed by atoms with Gasteiger partial charge in [-0.15, -0.1) is 0 Å². The molecule has 3 heteroatoms. The van der Waals surface area contributed by atoms with Gasteiger partial charge in [0.2, 0.25) is 0 Å². The Bertz CT molecular complexity index is 376. The molecule has 0 spiro atoms. The van der Waals surface area contributed by atoms with Gasteiger partial charge in [0, 0.05) is 5.02 Å². The minimum atomic E-state index is 0.170. The summed E-state index contributed by atoms with van der Waals surface area (Å²) in [5.41, 5.74) is 5.85. The Labute approximate surface area is 95.5 Å². The molecule has 1 aliphatic rings. The molecule has 1 N–H and O–H groups in total. The number of benzene rings is 1. The van der Waals surface area contributed by atoms with Gasteiger partial charge in [-0.1, -0.05) is 31.5 Å². The number of halogens is 1. The fourth-order valence-electron chi connectivity index (χ4n) is 2.35. The van der Waals surface area contributed by atoms with Gasteiger partial charge in [-0.25, -0.2) is 0 Å². The van der Waals surface area contributed by atoms with Gasteiger partial charge in [0.1, 0.15) is 0 Å². The Morgan fingerprint density at radius 3 is 2.87 bits per heavy atom. The lowest BCUT2D eigenvalue weighted by atomic mass is 9.86. The molecule has 2 rings (SSSR count). The van der Waals surface area contributed by atoms with Gasteiger partial charge in [0.05, 0.1) is 13.2 Å². The maximum Gasteiger partial charge on any atom is 0.0628 e. The second kappa shape index (κ2) is 3.78. The molecule has 2 nitrogen and oxygen atoms in total. The summed E-state index contributed by atoms with van der Waals surface area (Å²) in [4.78, 5) is 5.07. The van der Waals surface area contributed by atoms with E-state index in [-0.39, 0.29) is 11.5 Å². The van der Waals surface area contributed by atoms with Crippen LogP contribution in [0.4, 0.5) is 0 Å². The van der Waals surface area contributed by atoms with Crippen molar-refractivity contribution in [1.29, 1.82) is 0 Å². The van der Waals surface area contributed by atoms with Crippen molar-refractivity contribution in [3.63, 3.8) is 0 Å². The average molecular weight is 226 g/mol. The number of hydrogen-bond donors (Lipinski definition) is 1. The molecule has 0 radical (unpaired) electrons. The van der Waals surface area contributed by atoms with Gasteiger partial charge in [0.15, 0.2) is 0 Å². The van der Waals surface area contributed by atoms with Gasteiger partial charge in [-0.3, -0.25) is 0 Å². The summed E-state index contributed by atoms with van der Waals surface area (Å²) >= 11 is 6.01. The Hall–Kier alpha value is -0.570. The second-order valence-corrected chi connectivity index (χ2v) is 5.20. The van der Waals surface area contributed by atoms with Crippen LogP contribution in [-0.2, 0) is 11.3 Å². The first-order valence-electron chi connectivity index (χ1n) is 5.11. The lowest BCUT2D eigenvalue weighted by Crippen LogP contribution is -2.30. The molecule has 0 aromatic heterocycles. The first-order valence-corrected chi connectivity index (χ1v) is 5.49. The summed E-state index contributed by atoms with van der Waals surface area (Å²) in [5, 5.41) is 0.786. The molecule has 0 fully saturated rings. The van der Waals surface area contributed by atoms with Gasteiger partial charge in [-0.05, 0) is 35.1 Å². The van der Waals surface area contributed by atoms with Crippen molar-refractivity contribution in [2.45, 2.75) is 26.3 Å². The van der Waals surface area contributed by atoms with E-state index < -0.39 is 0 Å². The number of fused-ring (bicyclic) bond motifs is 1. The number of rotatable bonds is 2. The third-order valence-electron chi connectivity index (χ3n) is 3.08. The Kier molecular flexibility index (Phi) is 2.75. The van der Waals surface area contributed by atoms with Crippen LogP contribution in [0.3, 0.4) is 0 Å². The molecule has 1 aromatic carbocycles. The minimum absolute atomic E-state index is 0.170. The molecule has 0 saturated carbocycles. The molecule has 1 aromatic rings. The molecule has 0 heterocycles. The highest BCUT2D eigenvalue weighted by Crippen LogP contribution is 2.45. The summed E-state index contributed by atoms with van der Waals surface area (Å²) in [5.74, 6) is 0. The smallest absolute Gasteiger partial charge is 0.0628 e. The van der Waals surface area contributed by atoms with Crippen LogP contribution in [0.25, 0.3) is 0 Å². The van der Waals surface area contributed by atoms with Crippen LogP contribution in [0.5, 0.6) is 0 Å². The van der Waals surface area contributed by atoms with Gasteiger partial charge < -0.3 is 4.84 Å². The van der Waals surface area contributed by atoms with Crippen LogP contribution >= 0.6 is 11.6 Å². The highest BCUT2D eigenvalue weighted by molar-refractivity contribution is 6.30. The summed E-state index contributed by atoms with van der Waals surface area (Å²) in [7, 11) is 1.65. The molecule has 0 bridgehead atoms. The Morgan fingerprint density at radius 1 is 1.47 bits per heavy atom. The predicted octanol–water partition coefficient (Wildman–Crippen LogP) is 3.11. The van der Waals surface area contributed by atoms with Crippen molar-refractivity contribution in [2.24, 2.45) is 5.41 Å². The van der Waals surface area contributed by atoms with Crippen LogP contribution in [0, 0.1) is 5.41 Å². The van der Waals surface area contributed by atoms with Crippen molar-refractivity contribution in [3.05, 3.63) is 34.3 Å². The van der Waals surface area contributed by atoms with Crippen LogP contribution in [0.1, 0.15) is 31.0 Å². The third-order valence-corrected chi connectivity index (χ3v) is 3.32. The van der Waals surface area contributed by atoms with Crippen LogP contribution in [0.2, 0.25) is 5.02 Å². The van der Waals surface area contributed by atoms with Crippen LogP contribution in [0.15, 0.2) is 18.2 Å². The average Bonchev–Trinajstić information content (AvgIpc) is 2.39. The predicted molar refractivity (Wildman–Crippen MR) is 61.8 cm³/mol. The highest BCUT2D eigenvalue weighted by atomic mass is 35.5. The maximum absolute atomic E-state index is 6.01. The highest BCUT2D eigenvalue weighted by Gasteiger charge is 2.39. The Morgan fingerprint density at radius 2 is 2.20 bits per heavy atom. The topological polar surface area (TPSA) is 21.3 Å². The minimum Gasteiger partial charge on any atom is -0.304 e. The summed E-state index contributed by atoms with van der Waals surface area (Å²) < 4.78 is 0. The normalized spacial score (nSPS) is 22.8. The molecule has 82 valence electrons. The SMILES string of the molecule is CONC1c2cc(Cl)ccc2CC1(C)C. The van der Waals surface area contributed by atoms with Gasteiger partial charge >= 0.3 is 0 Å². The molecular weight excluding hydrogens is 210 g/mol. The van der Waals surface area contributed by atoms with E-state index in [1.165, 1.54) is 11.1 Å². The Balaban J connectivity index is 2.42. The number of nitrogens with one attached hydrogen (secondary N) is 1. The summed E-state index contributed by atoms with van der Waals surface area (Å²) in [6, 6.07) is 6.31. The van der Waals surface area contributed by atoms with Crippen molar-refractivity contribution in [3.8, 4) is 0 Å². The zero-order chi connectivity index (χ0) is 11.1. The van der Waals surface area contributed by atoms with Crippen molar-refractivity contribution >= 4 is 11.6 Å². The maximum atomic E-state index is 6.01. The lowest BCUT2D eigenvalue weighted by molar-refractivity contribution is 0.0252. The van der Waals surface area contributed by atoms with Crippen molar-refractivity contribution in [1.82, 2.24) is 5.48 Å². The molecule has 0 amide bonds.